The fourth-order valence-electron chi connectivity index (χ4n) is 1.32. The molecule has 1 atom stereocenters. The summed E-state index contributed by atoms with van der Waals surface area (Å²) in [5, 5.41) is 12.6. The third-order valence-electron chi connectivity index (χ3n) is 2.07. The van der Waals surface area contributed by atoms with E-state index in [1.54, 1.807) is 6.07 Å². The number of rotatable bonds is 2. The molecule has 15 heavy (non-hydrogen) atoms. The van der Waals surface area contributed by atoms with Crippen LogP contribution in [0.15, 0.2) is 40.2 Å². The predicted molar refractivity (Wildman–Crippen MR) is 67.5 cm³/mol. The predicted octanol–water partition coefficient (Wildman–Crippen LogP) is 4.25. The smallest absolute Gasteiger partial charge is 0.115 e. The molecule has 1 N–H and O–H groups in total. The molecule has 0 saturated heterocycles. The fourth-order valence-corrected chi connectivity index (χ4v) is 2.83. The molecule has 1 aromatic carbocycles. The van der Waals surface area contributed by atoms with Crippen LogP contribution in [-0.2, 0) is 0 Å². The van der Waals surface area contributed by atoms with E-state index in [9.17, 15) is 5.11 Å². The highest BCUT2D eigenvalue weighted by Gasteiger charge is 2.14. The van der Waals surface area contributed by atoms with Crippen LogP contribution in [-0.4, -0.2) is 5.11 Å². The minimum Gasteiger partial charge on any atom is -0.383 e. The van der Waals surface area contributed by atoms with Gasteiger partial charge in [0.25, 0.3) is 0 Å². The van der Waals surface area contributed by atoms with Crippen LogP contribution in [0.25, 0.3) is 0 Å². The molecule has 1 heterocycles. The van der Waals surface area contributed by atoms with E-state index in [4.69, 9.17) is 11.6 Å². The van der Waals surface area contributed by atoms with E-state index in [0.717, 1.165) is 14.9 Å². The Hall–Kier alpha value is -0.350. The fraction of sp³-hybridized carbons (Fsp3) is 0.0909. The molecule has 0 aliphatic rings. The summed E-state index contributed by atoms with van der Waals surface area (Å²) in [6.45, 7) is 0. The summed E-state index contributed by atoms with van der Waals surface area (Å²) >= 11 is 10.9. The number of benzene rings is 1. The summed E-state index contributed by atoms with van der Waals surface area (Å²) < 4.78 is 0.912. The van der Waals surface area contributed by atoms with Crippen LogP contribution in [0, 0.1) is 0 Å². The standard InChI is InChI=1S/C11H8BrClOS/c12-7-3-4-8(9(13)6-7)11(14)10-2-1-5-15-10/h1-6,11,14H. The summed E-state index contributed by atoms with van der Waals surface area (Å²) in [5.41, 5.74) is 0.738. The van der Waals surface area contributed by atoms with Gasteiger partial charge in [0.2, 0.25) is 0 Å². The Bertz CT molecular complexity index is 456. The first-order valence-corrected chi connectivity index (χ1v) is 6.40. The van der Waals surface area contributed by atoms with Crippen molar-refractivity contribution in [1.29, 1.82) is 0 Å². The third-order valence-corrected chi connectivity index (χ3v) is 3.82. The highest BCUT2D eigenvalue weighted by atomic mass is 79.9. The van der Waals surface area contributed by atoms with Gasteiger partial charge < -0.3 is 5.11 Å². The van der Waals surface area contributed by atoms with Gasteiger partial charge in [-0.15, -0.1) is 11.3 Å². The molecule has 4 heteroatoms. The van der Waals surface area contributed by atoms with Crippen molar-refractivity contribution in [3.63, 3.8) is 0 Å². The maximum absolute atomic E-state index is 10.1. The molecule has 1 unspecified atom stereocenters. The summed E-state index contributed by atoms with van der Waals surface area (Å²) in [6, 6.07) is 9.30. The monoisotopic (exact) mass is 302 g/mol. The second-order valence-corrected chi connectivity index (χ2v) is 5.39. The van der Waals surface area contributed by atoms with Crippen molar-refractivity contribution in [2.45, 2.75) is 6.10 Å². The molecule has 78 valence electrons. The van der Waals surface area contributed by atoms with Crippen LogP contribution in [0.4, 0.5) is 0 Å². The van der Waals surface area contributed by atoms with Crippen molar-refractivity contribution in [2.75, 3.05) is 0 Å². The van der Waals surface area contributed by atoms with Gasteiger partial charge in [-0.1, -0.05) is 39.7 Å². The molecule has 0 spiro atoms. The Morgan fingerprint density at radius 1 is 1.33 bits per heavy atom. The first-order chi connectivity index (χ1) is 7.18. The molecule has 0 saturated carbocycles. The zero-order chi connectivity index (χ0) is 10.8. The minimum absolute atomic E-state index is 0.574. The molecule has 0 amide bonds. The summed E-state index contributed by atoms with van der Waals surface area (Å²) in [5.74, 6) is 0. The Labute approximate surface area is 105 Å². The molecule has 2 aromatic rings. The largest absolute Gasteiger partial charge is 0.383 e. The van der Waals surface area contributed by atoms with Gasteiger partial charge >= 0.3 is 0 Å². The van der Waals surface area contributed by atoms with E-state index in [1.807, 2.05) is 29.6 Å². The van der Waals surface area contributed by atoms with Crippen molar-refractivity contribution in [3.8, 4) is 0 Å². The van der Waals surface area contributed by atoms with Gasteiger partial charge in [0.05, 0.1) is 0 Å². The van der Waals surface area contributed by atoms with Crippen LogP contribution in [0.2, 0.25) is 5.02 Å². The SMILES string of the molecule is OC(c1cccs1)c1ccc(Br)cc1Cl. The van der Waals surface area contributed by atoms with Gasteiger partial charge in [0.1, 0.15) is 6.10 Å². The molecule has 0 bridgehead atoms. The number of thiophene rings is 1. The summed E-state index contributed by atoms with van der Waals surface area (Å²) in [7, 11) is 0. The van der Waals surface area contributed by atoms with Gasteiger partial charge in [-0.3, -0.25) is 0 Å². The number of aliphatic hydroxyl groups is 1. The second-order valence-electron chi connectivity index (χ2n) is 3.08. The summed E-state index contributed by atoms with van der Waals surface area (Å²) in [6.07, 6.45) is -0.634. The molecule has 0 fully saturated rings. The zero-order valence-electron chi connectivity index (χ0n) is 7.65. The second kappa shape index (κ2) is 4.66. The van der Waals surface area contributed by atoms with Gasteiger partial charge in [-0.05, 0) is 23.6 Å². The molecular weight excluding hydrogens is 296 g/mol. The van der Waals surface area contributed by atoms with Crippen LogP contribution in [0.1, 0.15) is 16.5 Å². The normalized spacial score (nSPS) is 12.7. The molecule has 1 aromatic heterocycles. The lowest BCUT2D eigenvalue weighted by Gasteiger charge is -2.10. The van der Waals surface area contributed by atoms with Gasteiger partial charge in [0, 0.05) is 19.9 Å². The maximum atomic E-state index is 10.1. The van der Waals surface area contributed by atoms with E-state index in [0.29, 0.717) is 5.02 Å². The lowest BCUT2D eigenvalue weighted by molar-refractivity contribution is 0.224. The zero-order valence-corrected chi connectivity index (χ0v) is 10.8. The minimum atomic E-state index is -0.634. The first-order valence-electron chi connectivity index (χ1n) is 4.35. The van der Waals surface area contributed by atoms with Crippen molar-refractivity contribution in [2.24, 2.45) is 0 Å². The van der Waals surface area contributed by atoms with Crippen molar-refractivity contribution in [1.82, 2.24) is 0 Å². The Kier molecular flexibility index (Phi) is 3.46. The number of halogens is 2. The molecular formula is C11H8BrClOS. The quantitative estimate of drug-likeness (QED) is 0.879. The highest BCUT2D eigenvalue weighted by molar-refractivity contribution is 9.10. The van der Waals surface area contributed by atoms with Crippen LogP contribution in [0.5, 0.6) is 0 Å². The van der Waals surface area contributed by atoms with E-state index in [-0.39, 0.29) is 0 Å². The molecule has 0 radical (unpaired) electrons. The molecule has 0 aliphatic heterocycles. The molecule has 0 aliphatic carbocycles. The van der Waals surface area contributed by atoms with Gasteiger partial charge in [0.15, 0.2) is 0 Å². The lowest BCUT2D eigenvalue weighted by Crippen LogP contribution is -1.97. The maximum Gasteiger partial charge on any atom is 0.115 e. The molecule has 1 nitrogen and oxygen atoms in total. The number of hydrogen-bond donors (Lipinski definition) is 1. The average molecular weight is 304 g/mol. The lowest BCUT2D eigenvalue weighted by atomic mass is 10.1. The highest BCUT2D eigenvalue weighted by Crippen LogP contribution is 2.32. The third kappa shape index (κ3) is 2.42. The van der Waals surface area contributed by atoms with Gasteiger partial charge in [-0.2, -0.15) is 0 Å². The number of hydrogen-bond acceptors (Lipinski definition) is 2. The first kappa shape index (κ1) is 11.1. The topological polar surface area (TPSA) is 20.2 Å². The Morgan fingerprint density at radius 2 is 2.13 bits per heavy atom. The van der Waals surface area contributed by atoms with E-state index in [2.05, 4.69) is 15.9 Å². The van der Waals surface area contributed by atoms with Crippen molar-refractivity contribution >= 4 is 38.9 Å². The van der Waals surface area contributed by atoms with Crippen LogP contribution < -0.4 is 0 Å². The Balaban J connectivity index is 2.38. The van der Waals surface area contributed by atoms with Crippen molar-refractivity contribution in [3.05, 3.63) is 55.6 Å². The van der Waals surface area contributed by atoms with E-state index < -0.39 is 6.10 Å². The van der Waals surface area contributed by atoms with Crippen LogP contribution in [0.3, 0.4) is 0 Å². The van der Waals surface area contributed by atoms with E-state index in [1.165, 1.54) is 11.3 Å². The average Bonchev–Trinajstić information content (AvgIpc) is 2.69. The Morgan fingerprint density at radius 3 is 2.73 bits per heavy atom. The van der Waals surface area contributed by atoms with Crippen LogP contribution >= 0.6 is 38.9 Å². The molecule has 2 rings (SSSR count). The van der Waals surface area contributed by atoms with Gasteiger partial charge in [-0.25, -0.2) is 0 Å². The number of aliphatic hydroxyl groups excluding tert-OH is 1. The van der Waals surface area contributed by atoms with Crippen molar-refractivity contribution < 1.29 is 5.11 Å². The van der Waals surface area contributed by atoms with E-state index >= 15 is 0 Å². The summed E-state index contributed by atoms with van der Waals surface area (Å²) in [4.78, 5) is 0.902.